The average molecular weight is 630 g/mol. The predicted molar refractivity (Wildman–Crippen MR) is 153 cm³/mol. The number of aryl methyl sites for hydroxylation is 2. The van der Waals surface area contributed by atoms with Crippen LogP contribution in [0.25, 0.3) is 0 Å². The lowest BCUT2D eigenvalue weighted by atomic mass is 10.0. The van der Waals surface area contributed by atoms with Crippen molar-refractivity contribution in [2.45, 2.75) is 29.5 Å². The van der Waals surface area contributed by atoms with E-state index in [2.05, 4.69) is 31.1 Å². The maximum Gasteiger partial charge on any atom is 0.352 e. The highest BCUT2D eigenvalue weighted by molar-refractivity contribution is 8.01. The topological polar surface area (TPSA) is 248 Å². The maximum atomic E-state index is 13.5. The van der Waals surface area contributed by atoms with E-state index in [4.69, 9.17) is 0 Å². The Balaban J connectivity index is 0.00000423. The average Bonchev–Trinajstić information content (AvgIpc) is 3.37. The van der Waals surface area contributed by atoms with Gasteiger partial charge in [-0.3, -0.25) is 24.3 Å². The molecule has 4 heterocycles. The molecule has 18 heteroatoms. The van der Waals surface area contributed by atoms with Crippen molar-refractivity contribution in [3.63, 3.8) is 0 Å². The number of nitrogens with one attached hydrogen (secondary N) is 2. The number of carbonyl (C=O) groups is 4. The number of phenols is 1. The molecule has 0 radical (unpaired) electrons. The van der Waals surface area contributed by atoms with Crippen molar-refractivity contribution >= 4 is 47.2 Å². The van der Waals surface area contributed by atoms with E-state index in [-0.39, 0.29) is 34.7 Å². The number of nitrogens with zero attached hydrogens (tertiary/aromatic N) is 6. The van der Waals surface area contributed by atoms with Gasteiger partial charge in [0.25, 0.3) is 11.8 Å². The van der Waals surface area contributed by atoms with E-state index in [1.54, 1.807) is 14.0 Å². The third-order valence-electron chi connectivity index (χ3n) is 6.53. The number of hydrogen-bond acceptors (Lipinski definition) is 13. The molecule has 8 N–H and O–H groups in total. The Bertz CT molecular complexity index is 1610. The summed E-state index contributed by atoms with van der Waals surface area (Å²) in [4.78, 5) is 57.1. The molecule has 1 fully saturated rings. The van der Waals surface area contributed by atoms with E-state index in [0.29, 0.717) is 27.7 Å². The molecule has 43 heavy (non-hydrogen) atoms. The SMILES string of the molecule is Cc1cc(O)c(C(=O)NC(C(=O)N[C@@H]2C(=O)N3C(C(=O)O)=C(CSc4nnnn4C)CS[C@H]23)c2ccc(O)cc2)cn1.N. The van der Waals surface area contributed by atoms with Gasteiger partial charge < -0.3 is 32.1 Å². The molecule has 2 aliphatic rings. The molecule has 3 aromatic rings. The van der Waals surface area contributed by atoms with Gasteiger partial charge in [-0.25, -0.2) is 9.48 Å². The number of phenolic OH excluding ortho intramolecular Hbond substituents is 1. The van der Waals surface area contributed by atoms with E-state index < -0.39 is 41.1 Å². The number of thioether (sulfide) groups is 2. The van der Waals surface area contributed by atoms with Gasteiger partial charge >= 0.3 is 5.97 Å². The number of aromatic nitrogens is 5. The van der Waals surface area contributed by atoms with Gasteiger partial charge in [-0.1, -0.05) is 23.9 Å². The molecule has 5 rings (SSSR count). The molecule has 1 saturated heterocycles. The number of benzene rings is 1. The summed E-state index contributed by atoms with van der Waals surface area (Å²) in [6.45, 7) is 1.64. The summed E-state index contributed by atoms with van der Waals surface area (Å²) in [6, 6.07) is 4.45. The third-order valence-corrected chi connectivity index (χ3v) is 8.97. The van der Waals surface area contributed by atoms with Crippen LogP contribution in [-0.2, 0) is 21.4 Å². The summed E-state index contributed by atoms with van der Waals surface area (Å²) in [6.07, 6.45) is 1.17. The monoisotopic (exact) mass is 629 g/mol. The lowest BCUT2D eigenvalue weighted by Gasteiger charge is -2.49. The number of pyridine rings is 1. The van der Waals surface area contributed by atoms with E-state index in [9.17, 15) is 34.5 Å². The number of hydrogen-bond donors (Lipinski definition) is 6. The van der Waals surface area contributed by atoms with Crippen molar-refractivity contribution in [2.75, 3.05) is 11.5 Å². The van der Waals surface area contributed by atoms with Crippen LogP contribution in [0.2, 0.25) is 0 Å². The van der Waals surface area contributed by atoms with Crippen LogP contribution in [0.4, 0.5) is 0 Å². The summed E-state index contributed by atoms with van der Waals surface area (Å²) in [5.74, 6) is -3.29. The Morgan fingerprint density at radius 3 is 2.56 bits per heavy atom. The number of aliphatic carboxylic acids is 1. The van der Waals surface area contributed by atoms with Crippen molar-refractivity contribution in [1.82, 2.24) is 46.9 Å². The second-order valence-corrected chi connectivity index (χ2v) is 11.4. The smallest absolute Gasteiger partial charge is 0.352 e. The zero-order valence-electron chi connectivity index (χ0n) is 22.8. The summed E-state index contributed by atoms with van der Waals surface area (Å²) >= 11 is 2.53. The molecular formula is C25H27N9O7S2. The molecule has 2 aromatic heterocycles. The van der Waals surface area contributed by atoms with Gasteiger partial charge in [0.1, 0.15) is 34.7 Å². The van der Waals surface area contributed by atoms with Gasteiger partial charge in [-0.15, -0.1) is 16.9 Å². The van der Waals surface area contributed by atoms with Gasteiger partial charge in [0.2, 0.25) is 11.1 Å². The van der Waals surface area contributed by atoms with Gasteiger partial charge in [0.15, 0.2) is 0 Å². The molecule has 3 atom stereocenters. The molecule has 1 unspecified atom stereocenters. The first kappa shape index (κ1) is 31.3. The fourth-order valence-corrected chi connectivity index (χ4v) is 6.76. The van der Waals surface area contributed by atoms with Crippen molar-refractivity contribution in [1.29, 1.82) is 0 Å². The second kappa shape index (κ2) is 12.7. The minimum absolute atomic E-state index is 0. The Hall–Kier alpha value is -4.68. The Morgan fingerprint density at radius 1 is 1.21 bits per heavy atom. The molecule has 0 aliphatic carbocycles. The van der Waals surface area contributed by atoms with E-state index >= 15 is 0 Å². The van der Waals surface area contributed by atoms with Crippen molar-refractivity contribution < 1.29 is 34.5 Å². The molecule has 0 saturated carbocycles. The highest BCUT2D eigenvalue weighted by atomic mass is 32.2. The zero-order valence-corrected chi connectivity index (χ0v) is 24.4. The Morgan fingerprint density at radius 2 is 1.93 bits per heavy atom. The number of rotatable bonds is 9. The van der Waals surface area contributed by atoms with Crippen LogP contribution in [0.3, 0.4) is 0 Å². The van der Waals surface area contributed by atoms with Crippen molar-refractivity contribution in [3.8, 4) is 11.5 Å². The molecule has 16 nitrogen and oxygen atoms in total. The number of amides is 3. The zero-order chi connectivity index (χ0) is 30.1. The number of fused-ring (bicyclic) bond motifs is 1. The van der Waals surface area contributed by atoms with Gasteiger partial charge in [-0.05, 0) is 40.6 Å². The fraction of sp³-hybridized carbons (Fsp3) is 0.280. The molecule has 226 valence electrons. The van der Waals surface area contributed by atoms with Gasteiger partial charge in [0.05, 0.1) is 5.56 Å². The highest BCUT2D eigenvalue weighted by Crippen LogP contribution is 2.41. The number of carbonyl (C=O) groups excluding carboxylic acids is 3. The molecular weight excluding hydrogens is 602 g/mol. The Labute approximate surface area is 252 Å². The first-order valence-corrected chi connectivity index (χ1v) is 14.4. The minimum Gasteiger partial charge on any atom is -0.508 e. The number of carboxylic acid groups (broad SMARTS) is 1. The van der Waals surface area contributed by atoms with E-state index in [1.165, 1.54) is 64.7 Å². The largest absolute Gasteiger partial charge is 0.508 e. The summed E-state index contributed by atoms with van der Waals surface area (Å²) < 4.78 is 1.45. The van der Waals surface area contributed by atoms with Crippen LogP contribution >= 0.6 is 23.5 Å². The van der Waals surface area contributed by atoms with E-state index in [1.807, 2.05) is 0 Å². The quantitative estimate of drug-likeness (QED) is 0.139. The number of aromatic hydroxyl groups is 2. The van der Waals surface area contributed by atoms with Gasteiger partial charge in [-0.2, -0.15) is 0 Å². The number of tetrazole rings is 1. The van der Waals surface area contributed by atoms with Crippen molar-refractivity contribution in [3.05, 3.63) is 64.6 Å². The standard InChI is InChI=1S/C25H24N8O7S2.H3N/c1-11-7-16(35)15(8-26-11)20(36)27-17(12-3-5-14(34)6-4-12)21(37)28-18-22(38)33-19(24(39)40)13(9-41-23(18)33)10-42-25-29-30-31-32(25)2;/h3-8,17-18,23,34H,9-10H2,1-2H3,(H,26,35)(H,27,36)(H,28,37)(H,39,40);1H3/t17?,18-,23-;/m1./s1. The van der Waals surface area contributed by atoms with Crippen LogP contribution in [0.5, 0.6) is 11.5 Å². The highest BCUT2D eigenvalue weighted by Gasteiger charge is 2.54. The Kier molecular flexibility index (Phi) is 9.22. The number of carboxylic acids is 1. The molecule has 2 aliphatic heterocycles. The second-order valence-electron chi connectivity index (χ2n) is 9.37. The molecule has 1 aromatic carbocycles. The lowest BCUT2D eigenvalue weighted by Crippen LogP contribution is -2.71. The van der Waals surface area contributed by atoms with Crippen LogP contribution < -0.4 is 16.8 Å². The predicted octanol–water partition coefficient (Wildman–Crippen LogP) is 0.489. The lowest BCUT2D eigenvalue weighted by molar-refractivity contribution is -0.151. The van der Waals surface area contributed by atoms with Crippen molar-refractivity contribution in [2.24, 2.45) is 7.05 Å². The first-order valence-electron chi connectivity index (χ1n) is 12.4. The van der Waals surface area contributed by atoms with Crippen LogP contribution in [-0.4, -0.2) is 92.0 Å². The molecule has 0 bridgehead atoms. The summed E-state index contributed by atoms with van der Waals surface area (Å²) in [5.41, 5.74) is 0.974. The maximum absolute atomic E-state index is 13.5. The third kappa shape index (κ3) is 6.25. The fourth-order valence-electron chi connectivity index (χ4n) is 4.42. The van der Waals surface area contributed by atoms with Crippen LogP contribution in [0.1, 0.15) is 27.7 Å². The minimum atomic E-state index is -1.32. The molecule has 3 amide bonds. The normalized spacial score (nSPS) is 18.2. The summed E-state index contributed by atoms with van der Waals surface area (Å²) in [7, 11) is 1.65. The summed E-state index contributed by atoms with van der Waals surface area (Å²) in [5, 5.41) is 46.0. The van der Waals surface area contributed by atoms with Gasteiger partial charge in [0, 0.05) is 36.5 Å². The molecule has 0 spiro atoms. The van der Waals surface area contributed by atoms with Crippen LogP contribution in [0.15, 0.2) is 53.0 Å². The van der Waals surface area contributed by atoms with E-state index in [0.717, 1.165) is 4.90 Å². The number of β-lactam (4-membered cyclic amide) rings is 1. The first-order chi connectivity index (χ1) is 20.0. The van der Waals surface area contributed by atoms with Crippen LogP contribution in [0, 0.1) is 6.92 Å².